The van der Waals surface area contributed by atoms with Crippen LogP contribution in [0.1, 0.15) is 23.7 Å². The van der Waals surface area contributed by atoms with Gasteiger partial charge in [0.1, 0.15) is 0 Å². The topological polar surface area (TPSA) is 43.8 Å². The van der Waals surface area contributed by atoms with Crippen molar-refractivity contribution in [1.82, 2.24) is 4.90 Å². The summed E-state index contributed by atoms with van der Waals surface area (Å²) >= 11 is 0. The molecule has 0 amide bonds. The summed E-state index contributed by atoms with van der Waals surface area (Å²) in [6.45, 7) is 3.16. The third-order valence-corrected chi connectivity index (χ3v) is 3.57. The number of Topliss-reactive ketones (excluding diaryl/α,β-unsaturated/α-hetero) is 1. The van der Waals surface area contributed by atoms with Crippen molar-refractivity contribution < 1.29 is 9.90 Å². The van der Waals surface area contributed by atoms with E-state index in [2.05, 4.69) is 9.80 Å². The molecule has 0 bridgehead atoms. The molecule has 2 atom stereocenters. The normalized spacial score (nSPS) is 23.1. The van der Waals surface area contributed by atoms with Gasteiger partial charge in [-0.3, -0.25) is 4.79 Å². The number of benzene rings is 1. The third kappa shape index (κ3) is 3.33. The zero-order valence-electron chi connectivity index (χ0n) is 11.8. The van der Waals surface area contributed by atoms with Crippen molar-refractivity contribution in [2.75, 3.05) is 32.1 Å². The van der Waals surface area contributed by atoms with Crippen LogP contribution in [0.2, 0.25) is 0 Å². The highest BCUT2D eigenvalue weighted by molar-refractivity contribution is 5.94. The first-order chi connectivity index (χ1) is 8.97. The van der Waals surface area contributed by atoms with Crippen LogP contribution in [0.5, 0.6) is 0 Å². The molecule has 1 heterocycles. The Morgan fingerprint density at radius 2 is 2.00 bits per heavy atom. The summed E-state index contributed by atoms with van der Waals surface area (Å²) in [6, 6.07) is 7.98. The molecule has 1 saturated heterocycles. The quantitative estimate of drug-likeness (QED) is 0.833. The van der Waals surface area contributed by atoms with Crippen LogP contribution in [0.15, 0.2) is 24.3 Å². The Bertz CT molecular complexity index is 442. The van der Waals surface area contributed by atoms with Gasteiger partial charge < -0.3 is 14.9 Å². The van der Waals surface area contributed by atoms with Crippen LogP contribution in [-0.4, -0.2) is 55.1 Å². The molecule has 1 aromatic carbocycles. The number of aliphatic hydroxyl groups excluding tert-OH is 1. The summed E-state index contributed by atoms with van der Waals surface area (Å²) < 4.78 is 0. The molecule has 0 aliphatic carbocycles. The number of ketones is 1. The minimum Gasteiger partial charge on any atom is -0.391 e. The SMILES string of the molecule is CC(=O)c1ccc(N2CC(O)CC2CN(C)C)cc1. The van der Waals surface area contributed by atoms with Crippen molar-refractivity contribution in [2.24, 2.45) is 0 Å². The Balaban J connectivity index is 2.16. The van der Waals surface area contributed by atoms with Crippen LogP contribution in [-0.2, 0) is 0 Å². The van der Waals surface area contributed by atoms with Crippen LogP contribution < -0.4 is 4.90 Å². The van der Waals surface area contributed by atoms with E-state index in [1.165, 1.54) is 0 Å². The third-order valence-electron chi connectivity index (χ3n) is 3.57. The lowest BCUT2D eigenvalue weighted by molar-refractivity contribution is 0.101. The summed E-state index contributed by atoms with van der Waals surface area (Å²) in [6.07, 6.45) is 0.532. The molecule has 1 fully saturated rings. The molecule has 1 aliphatic heterocycles. The molecule has 1 N–H and O–H groups in total. The fourth-order valence-corrected chi connectivity index (χ4v) is 2.69. The van der Waals surface area contributed by atoms with Crippen molar-refractivity contribution in [2.45, 2.75) is 25.5 Å². The predicted molar refractivity (Wildman–Crippen MR) is 76.8 cm³/mol. The van der Waals surface area contributed by atoms with E-state index in [9.17, 15) is 9.90 Å². The first kappa shape index (κ1) is 14.0. The highest BCUT2D eigenvalue weighted by atomic mass is 16.3. The summed E-state index contributed by atoms with van der Waals surface area (Å²) in [7, 11) is 4.09. The number of carbonyl (C=O) groups is 1. The van der Waals surface area contributed by atoms with Crippen molar-refractivity contribution in [3.05, 3.63) is 29.8 Å². The Kier molecular flexibility index (Phi) is 4.22. The van der Waals surface area contributed by atoms with Gasteiger partial charge in [0.2, 0.25) is 0 Å². The van der Waals surface area contributed by atoms with Crippen molar-refractivity contribution in [3.8, 4) is 0 Å². The lowest BCUT2D eigenvalue weighted by Crippen LogP contribution is -2.37. The zero-order chi connectivity index (χ0) is 14.0. The molecule has 104 valence electrons. The van der Waals surface area contributed by atoms with Crippen LogP contribution >= 0.6 is 0 Å². The van der Waals surface area contributed by atoms with Gasteiger partial charge in [-0.05, 0) is 51.7 Å². The summed E-state index contributed by atoms with van der Waals surface area (Å²) in [4.78, 5) is 15.6. The smallest absolute Gasteiger partial charge is 0.159 e. The minimum absolute atomic E-state index is 0.0813. The number of likely N-dealkylation sites (N-methyl/N-ethyl adjacent to an activating group) is 1. The number of anilines is 1. The van der Waals surface area contributed by atoms with Gasteiger partial charge in [-0.15, -0.1) is 0 Å². The van der Waals surface area contributed by atoms with Crippen molar-refractivity contribution >= 4 is 11.5 Å². The van der Waals surface area contributed by atoms with Gasteiger partial charge in [-0.2, -0.15) is 0 Å². The van der Waals surface area contributed by atoms with Crippen LogP contribution in [0, 0.1) is 0 Å². The first-order valence-corrected chi connectivity index (χ1v) is 6.68. The fraction of sp³-hybridized carbons (Fsp3) is 0.533. The number of hydrogen-bond donors (Lipinski definition) is 1. The molecule has 0 saturated carbocycles. The van der Waals surface area contributed by atoms with Gasteiger partial charge >= 0.3 is 0 Å². The Labute approximate surface area is 114 Å². The second kappa shape index (κ2) is 5.72. The van der Waals surface area contributed by atoms with Gasteiger partial charge in [0.25, 0.3) is 0 Å². The molecule has 2 rings (SSSR count). The maximum Gasteiger partial charge on any atom is 0.159 e. The Morgan fingerprint density at radius 3 is 2.53 bits per heavy atom. The largest absolute Gasteiger partial charge is 0.391 e. The highest BCUT2D eigenvalue weighted by Crippen LogP contribution is 2.26. The average molecular weight is 262 g/mol. The van der Waals surface area contributed by atoms with E-state index in [1.807, 2.05) is 38.4 Å². The summed E-state index contributed by atoms with van der Waals surface area (Å²) in [5.41, 5.74) is 1.81. The molecular weight excluding hydrogens is 240 g/mol. The number of aliphatic hydroxyl groups is 1. The Hall–Kier alpha value is -1.39. The molecule has 19 heavy (non-hydrogen) atoms. The number of β-amino-alcohol motifs (C(OH)–C–C–N with tert-alkyl or cyclic N) is 1. The number of hydrogen-bond acceptors (Lipinski definition) is 4. The van der Waals surface area contributed by atoms with E-state index in [1.54, 1.807) is 6.92 Å². The first-order valence-electron chi connectivity index (χ1n) is 6.68. The second-order valence-electron chi connectivity index (χ2n) is 5.56. The summed E-state index contributed by atoms with van der Waals surface area (Å²) in [5, 5.41) is 9.87. The van der Waals surface area contributed by atoms with Crippen molar-refractivity contribution in [1.29, 1.82) is 0 Å². The van der Waals surface area contributed by atoms with Gasteiger partial charge in [-0.1, -0.05) is 0 Å². The minimum atomic E-state index is -0.266. The van der Waals surface area contributed by atoms with Crippen LogP contribution in [0.4, 0.5) is 5.69 Å². The average Bonchev–Trinajstić information content (AvgIpc) is 2.69. The number of carbonyl (C=O) groups excluding carboxylic acids is 1. The predicted octanol–water partition coefficient (Wildman–Crippen LogP) is 1.39. The lowest BCUT2D eigenvalue weighted by atomic mass is 10.1. The van der Waals surface area contributed by atoms with Crippen LogP contribution in [0.3, 0.4) is 0 Å². The molecule has 0 aromatic heterocycles. The molecular formula is C15H22N2O2. The summed E-state index contributed by atoms with van der Waals surface area (Å²) in [5.74, 6) is 0.0813. The molecule has 1 aromatic rings. The molecule has 0 spiro atoms. The number of nitrogens with zero attached hydrogens (tertiary/aromatic N) is 2. The van der Waals surface area contributed by atoms with E-state index in [0.717, 1.165) is 24.2 Å². The monoisotopic (exact) mass is 262 g/mol. The molecule has 2 unspecified atom stereocenters. The van der Waals surface area contributed by atoms with Gasteiger partial charge in [0.05, 0.1) is 6.10 Å². The Morgan fingerprint density at radius 1 is 1.37 bits per heavy atom. The maximum atomic E-state index is 11.3. The van der Waals surface area contributed by atoms with E-state index >= 15 is 0 Å². The zero-order valence-corrected chi connectivity index (χ0v) is 11.8. The highest BCUT2D eigenvalue weighted by Gasteiger charge is 2.31. The fourth-order valence-electron chi connectivity index (χ4n) is 2.69. The van der Waals surface area contributed by atoms with E-state index < -0.39 is 0 Å². The molecule has 0 radical (unpaired) electrons. The molecule has 4 nitrogen and oxygen atoms in total. The van der Waals surface area contributed by atoms with Crippen LogP contribution in [0.25, 0.3) is 0 Å². The second-order valence-corrected chi connectivity index (χ2v) is 5.56. The van der Waals surface area contributed by atoms with Gasteiger partial charge in [-0.25, -0.2) is 0 Å². The lowest BCUT2D eigenvalue weighted by Gasteiger charge is -2.28. The molecule has 1 aliphatic rings. The van der Waals surface area contributed by atoms with E-state index in [4.69, 9.17) is 0 Å². The van der Waals surface area contributed by atoms with Crippen molar-refractivity contribution in [3.63, 3.8) is 0 Å². The van der Waals surface area contributed by atoms with Gasteiger partial charge in [0, 0.05) is 30.4 Å². The van der Waals surface area contributed by atoms with E-state index in [0.29, 0.717) is 12.6 Å². The molecule has 4 heteroatoms. The number of rotatable bonds is 4. The van der Waals surface area contributed by atoms with E-state index in [-0.39, 0.29) is 11.9 Å². The van der Waals surface area contributed by atoms with Gasteiger partial charge in [0.15, 0.2) is 5.78 Å². The standard InChI is InChI=1S/C15H22N2O2/c1-11(18)12-4-6-13(7-5-12)17-10-15(19)8-14(17)9-16(2)3/h4-7,14-15,19H,8-10H2,1-3H3. The maximum absolute atomic E-state index is 11.3.